The quantitative estimate of drug-likeness (QED) is 0.665. The zero-order valence-corrected chi connectivity index (χ0v) is 17.4. The molecule has 3 aromatic carbocycles. The van der Waals surface area contributed by atoms with Crippen LogP contribution in [0.5, 0.6) is 0 Å². The van der Waals surface area contributed by atoms with Gasteiger partial charge in [-0.15, -0.1) is 0 Å². The molecule has 0 unspecified atom stereocenters. The van der Waals surface area contributed by atoms with E-state index in [4.69, 9.17) is 4.74 Å². The second-order valence-corrected chi connectivity index (χ2v) is 7.65. The molecule has 2 amide bonds. The van der Waals surface area contributed by atoms with Crippen molar-refractivity contribution in [3.8, 4) is 11.1 Å². The lowest BCUT2D eigenvalue weighted by molar-refractivity contribution is -0.134. The third kappa shape index (κ3) is 5.80. The van der Waals surface area contributed by atoms with Crippen LogP contribution in [0.2, 0.25) is 0 Å². The molecular weight excluding hydrogens is 388 g/mol. The maximum atomic E-state index is 12.4. The number of anilines is 1. The Kier molecular flexibility index (Phi) is 6.75. The molecule has 1 heterocycles. The normalized spacial score (nSPS) is 13.6. The number of morpholine rings is 1. The molecule has 5 nitrogen and oxygen atoms in total. The first-order valence-electron chi connectivity index (χ1n) is 10.6. The molecule has 1 N–H and O–H groups in total. The van der Waals surface area contributed by atoms with Gasteiger partial charge in [0.05, 0.1) is 26.1 Å². The number of carbonyl (C=O) groups excluding carboxylic acids is 2. The number of nitrogens with zero attached hydrogens (tertiary/aromatic N) is 1. The van der Waals surface area contributed by atoms with Crippen LogP contribution < -0.4 is 5.32 Å². The van der Waals surface area contributed by atoms with E-state index in [2.05, 4.69) is 17.4 Å². The highest BCUT2D eigenvalue weighted by atomic mass is 16.5. The minimum Gasteiger partial charge on any atom is -0.378 e. The molecule has 0 aromatic heterocycles. The van der Waals surface area contributed by atoms with E-state index in [0.717, 1.165) is 27.9 Å². The van der Waals surface area contributed by atoms with Crippen molar-refractivity contribution in [2.75, 3.05) is 31.6 Å². The van der Waals surface area contributed by atoms with Gasteiger partial charge in [0.25, 0.3) is 0 Å². The monoisotopic (exact) mass is 414 g/mol. The van der Waals surface area contributed by atoms with Crippen molar-refractivity contribution >= 4 is 17.5 Å². The molecule has 1 aliphatic heterocycles. The molecule has 0 spiro atoms. The Morgan fingerprint density at radius 1 is 0.742 bits per heavy atom. The largest absolute Gasteiger partial charge is 0.378 e. The summed E-state index contributed by atoms with van der Waals surface area (Å²) in [5, 5.41) is 2.93. The van der Waals surface area contributed by atoms with E-state index in [1.54, 1.807) is 0 Å². The molecule has 1 fully saturated rings. The first-order valence-corrected chi connectivity index (χ1v) is 10.6. The van der Waals surface area contributed by atoms with Gasteiger partial charge in [-0.05, 0) is 34.4 Å². The predicted octanol–water partition coefficient (Wildman–Crippen LogP) is 3.94. The Hall–Kier alpha value is -3.44. The smallest absolute Gasteiger partial charge is 0.228 e. The molecule has 158 valence electrons. The summed E-state index contributed by atoms with van der Waals surface area (Å²) in [6.45, 7) is 2.51. The fourth-order valence-corrected chi connectivity index (χ4v) is 3.64. The molecule has 1 saturated heterocycles. The zero-order valence-electron chi connectivity index (χ0n) is 17.4. The fourth-order valence-electron chi connectivity index (χ4n) is 3.64. The molecule has 3 aromatic rings. The van der Waals surface area contributed by atoms with Crippen LogP contribution in [0.4, 0.5) is 5.69 Å². The van der Waals surface area contributed by atoms with E-state index in [0.29, 0.717) is 39.1 Å². The van der Waals surface area contributed by atoms with Gasteiger partial charge in [-0.2, -0.15) is 0 Å². The Balaban J connectivity index is 1.29. The van der Waals surface area contributed by atoms with E-state index >= 15 is 0 Å². The van der Waals surface area contributed by atoms with Crippen LogP contribution >= 0.6 is 0 Å². The van der Waals surface area contributed by atoms with Crippen LogP contribution in [0, 0.1) is 0 Å². The highest BCUT2D eigenvalue weighted by molar-refractivity contribution is 5.92. The topological polar surface area (TPSA) is 58.6 Å². The van der Waals surface area contributed by atoms with Crippen molar-refractivity contribution in [2.45, 2.75) is 12.8 Å². The molecule has 0 saturated carbocycles. The van der Waals surface area contributed by atoms with E-state index in [9.17, 15) is 9.59 Å². The molecule has 31 heavy (non-hydrogen) atoms. The molecule has 0 radical (unpaired) electrons. The molecule has 5 heteroatoms. The molecule has 0 aliphatic carbocycles. The van der Waals surface area contributed by atoms with Crippen LogP contribution in [0.15, 0.2) is 78.9 Å². The second-order valence-electron chi connectivity index (χ2n) is 7.65. The van der Waals surface area contributed by atoms with Crippen LogP contribution in [-0.2, 0) is 27.2 Å². The molecule has 1 aliphatic rings. The third-order valence-corrected chi connectivity index (χ3v) is 5.38. The summed E-state index contributed by atoms with van der Waals surface area (Å²) < 4.78 is 5.29. The third-order valence-electron chi connectivity index (χ3n) is 5.38. The van der Waals surface area contributed by atoms with Crippen molar-refractivity contribution in [1.29, 1.82) is 0 Å². The highest BCUT2D eigenvalue weighted by Gasteiger charge is 2.17. The van der Waals surface area contributed by atoms with Gasteiger partial charge < -0.3 is 15.0 Å². The van der Waals surface area contributed by atoms with Gasteiger partial charge >= 0.3 is 0 Å². The summed E-state index contributed by atoms with van der Waals surface area (Å²) in [5.41, 5.74) is 4.92. The standard InChI is InChI=1S/C26H26N2O3/c29-25(18-20-6-10-23(11-7-20)22-4-2-1-3-5-22)27-24-12-8-21(9-13-24)19-26(30)28-14-16-31-17-15-28/h1-13H,14-19H2,(H,27,29). The number of hydrogen-bond acceptors (Lipinski definition) is 3. The van der Waals surface area contributed by atoms with Crippen LogP contribution in [0.1, 0.15) is 11.1 Å². The Morgan fingerprint density at radius 2 is 1.32 bits per heavy atom. The minimum atomic E-state index is -0.0652. The predicted molar refractivity (Wildman–Crippen MR) is 122 cm³/mol. The minimum absolute atomic E-state index is 0.0652. The highest BCUT2D eigenvalue weighted by Crippen LogP contribution is 2.19. The summed E-state index contributed by atoms with van der Waals surface area (Å²) in [4.78, 5) is 26.6. The summed E-state index contributed by atoms with van der Waals surface area (Å²) in [6.07, 6.45) is 0.675. The summed E-state index contributed by atoms with van der Waals surface area (Å²) in [5.74, 6) is 0.0450. The van der Waals surface area contributed by atoms with Crippen LogP contribution in [0.25, 0.3) is 11.1 Å². The number of amides is 2. The van der Waals surface area contributed by atoms with Gasteiger partial charge in [0.15, 0.2) is 0 Å². The number of carbonyl (C=O) groups is 2. The van der Waals surface area contributed by atoms with Crippen molar-refractivity contribution in [3.63, 3.8) is 0 Å². The van der Waals surface area contributed by atoms with E-state index in [1.165, 1.54) is 0 Å². The van der Waals surface area contributed by atoms with Gasteiger partial charge in [-0.1, -0.05) is 66.7 Å². The number of rotatable bonds is 6. The number of hydrogen-bond donors (Lipinski definition) is 1. The number of ether oxygens (including phenoxy) is 1. The Bertz CT molecular complexity index is 1010. The van der Waals surface area contributed by atoms with Crippen molar-refractivity contribution in [1.82, 2.24) is 4.90 Å². The van der Waals surface area contributed by atoms with Gasteiger partial charge in [0, 0.05) is 18.8 Å². The average Bonchev–Trinajstić information content (AvgIpc) is 2.82. The van der Waals surface area contributed by atoms with Gasteiger partial charge in [0.2, 0.25) is 11.8 Å². The lowest BCUT2D eigenvalue weighted by Crippen LogP contribution is -2.41. The van der Waals surface area contributed by atoms with E-state index in [-0.39, 0.29) is 11.8 Å². The van der Waals surface area contributed by atoms with Crippen LogP contribution in [-0.4, -0.2) is 43.0 Å². The van der Waals surface area contributed by atoms with E-state index in [1.807, 2.05) is 71.6 Å². The Morgan fingerprint density at radius 3 is 2.00 bits per heavy atom. The lowest BCUT2D eigenvalue weighted by Gasteiger charge is -2.26. The zero-order chi connectivity index (χ0) is 21.5. The molecule has 4 rings (SSSR count). The van der Waals surface area contributed by atoms with E-state index < -0.39 is 0 Å². The van der Waals surface area contributed by atoms with Crippen LogP contribution in [0.3, 0.4) is 0 Å². The number of benzene rings is 3. The Labute approximate surface area is 182 Å². The fraction of sp³-hybridized carbons (Fsp3) is 0.231. The SMILES string of the molecule is O=C(Cc1ccc(-c2ccccc2)cc1)Nc1ccc(CC(=O)N2CCOCC2)cc1. The maximum Gasteiger partial charge on any atom is 0.228 e. The van der Waals surface area contributed by atoms with Crippen molar-refractivity contribution < 1.29 is 14.3 Å². The molecule has 0 atom stereocenters. The molecule has 0 bridgehead atoms. The first kappa shape index (κ1) is 20.8. The van der Waals surface area contributed by atoms with Crippen molar-refractivity contribution in [3.05, 3.63) is 90.0 Å². The van der Waals surface area contributed by atoms with Crippen molar-refractivity contribution in [2.24, 2.45) is 0 Å². The number of nitrogens with one attached hydrogen (secondary N) is 1. The van der Waals surface area contributed by atoms with Gasteiger partial charge in [-0.3, -0.25) is 9.59 Å². The van der Waals surface area contributed by atoms with Gasteiger partial charge in [-0.25, -0.2) is 0 Å². The first-order chi connectivity index (χ1) is 15.2. The van der Waals surface area contributed by atoms with Gasteiger partial charge in [0.1, 0.15) is 0 Å². The summed E-state index contributed by atoms with van der Waals surface area (Å²) in [6, 6.07) is 25.7. The summed E-state index contributed by atoms with van der Waals surface area (Å²) >= 11 is 0. The lowest BCUT2D eigenvalue weighted by atomic mass is 10.0. The summed E-state index contributed by atoms with van der Waals surface area (Å²) in [7, 11) is 0. The molecular formula is C26H26N2O3. The average molecular weight is 415 g/mol. The second kappa shape index (κ2) is 10.0. The maximum absolute atomic E-state index is 12.4.